The molecule has 0 unspecified atom stereocenters. The van der Waals surface area contributed by atoms with Gasteiger partial charge in [-0.25, -0.2) is 12.7 Å². The Morgan fingerprint density at radius 3 is 2.18 bits per heavy atom. The second-order valence-electron chi connectivity index (χ2n) is 4.45. The van der Waals surface area contributed by atoms with E-state index in [1.807, 2.05) is 0 Å². The van der Waals surface area contributed by atoms with E-state index in [-0.39, 0.29) is 21.3 Å². The molecule has 2 aromatic rings. The molecule has 2 aromatic carbocycles. The molecule has 2 N–H and O–H groups in total. The summed E-state index contributed by atoms with van der Waals surface area (Å²) in [6, 6.07) is 9.76. The predicted molar refractivity (Wildman–Crippen MR) is 87.7 cm³/mol. The molecule has 5 nitrogen and oxygen atoms in total. The topological polar surface area (TPSA) is 80.5 Å². The average molecular weight is 359 g/mol. The lowest BCUT2D eigenvalue weighted by Gasteiger charge is -2.21. The van der Waals surface area contributed by atoms with Gasteiger partial charge >= 0.3 is 0 Å². The molecule has 0 spiro atoms. The van der Waals surface area contributed by atoms with Crippen molar-refractivity contribution in [3.63, 3.8) is 0 Å². The van der Waals surface area contributed by atoms with Gasteiger partial charge in [-0.3, -0.25) is 4.79 Å². The van der Waals surface area contributed by atoms with Gasteiger partial charge in [-0.1, -0.05) is 23.2 Å². The summed E-state index contributed by atoms with van der Waals surface area (Å²) in [5.41, 5.74) is 5.93. The molecule has 0 bridgehead atoms. The molecule has 0 aliphatic heterocycles. The number of hydrogen-bond donors (Lipinski definition) is 1. The first kappa shape index (κ1) is 16.6. The summed E-state index contributed by atoms with van der Waals surface area (Å²) in [5, 5.41) is 0.667. The van der Waals surface area contributed by atoms with Crippen LogP contribution in [0, 0.1) is 0 Å². The fourth-order valence-corrected chi connectivity index (χ4v) is 3.56. The lowest BCUT2D eigenvalue weighted by atomic mass is 10.3. The van der Waals surface area contributed by atoms with Gasteiger partial charge in [0.2, 0.25) is 5.91 Å². The number of anilines is 2. The molecule has 0 aliphatic carbocycles. The number of sulfonamides is 1. The molecular weight excluding hydrogens is 347 g/mol. The number of nitrogens with two attached hydrogens (primary N) is 1. The van der Waals surface area contributed by atoms with E-state index in [1.165, 1.54) is 42.5 Å². The van der Waals surface area contributed by atoms with Crippen LogP contribution in [0.1, 0.15) is 6.92 Å². The fourth-order valence-electron chi connectivity index (χ4n) is 1.85. The van der Waals surface area contributed by atoms with Gasteiger partial charge in [0.25, 0.3) is 10.0 Å². The zero-order valence-corrected chi connectivity index (χ0v) is 13.8. The highest BCUT2D eigenvalue weighted by molar-refractivity contribution is 7.93. The summed E-state index contributed by atoms with van der Waals surface area (Å²) < 4.78 is 26.1. The van der Waals surface area contributed by atoms with E-state index < -0.39 is 15.9 Å². The fraction of sp³-hybridized carbons (Fsp3) is 0.0714. The van der Waals surface area contributed by atoms with E-state index in [0.29, 0.717) is 9.33 Å². The summed E-state index contributed by atoms with van der Waals surface area (Å²) in [6.45, 7) is 1.16. The van der Waals surface area contributed by atoms with Crippen molar-refractivity contribution in [2.75, 3.05) is 10.0 Å². The van der Waals surface area contributed by atoms with E-state index in [4.69, 9.17) is 28.9 Å². The molecule has 0 radical (unpaired) electrons. The number of amides is 1. The molecular formula is C14H12Cl2N2O3S. The third-order valence-electron chi connectivity index (χ3n) is 2.85. The van der Waals surface area contributed by atoms with Crippen molar-refractivity contribution in [3.05, 3.63) is 52.5 Å². The third-order valence-corrected chi connectivity index (χ3v) is 5.25. The van der Waals surface area contributed by atoms with E-state index in [0.717, 1.165) is 6.92 Å². The highest BCUT2D eigenvalue weighted by atomic mass is 35.5. The quantitative estimate of drug-likeness (QED) is 0.853. The molecule has 8 heteroatoms. The van der Waals surface area contributed by atoms with E-state index in [2.05, 4.69) is 0 Å². The zero-order valence-electron chi connectivity index (χ0n) is 11.5. The summed E-state index contributed by atoms with van der Waals surface area (Å²) in [5.74, 6) is -0.657. The van der Waals surface area contributed by atoms with Crippen molar-refractivity contribution in [2.45, 2.75) is 11.8 Å². The Balaban J connectivity index is 2.58. The van der Waals surface area contributed by atoms with E-state index >= 15 is 0 Å². The number of hydrogen-bond acceptors (Lipinski definition) is 4. The maximum atomic E-state index is 12.7. The van der Waals surface area contributed by atoms with Gasteiger partial charge in [0.05, 0.1) is 21.3 Å². The van der Waals surface area contributed by atoms with E-state index in [9.17, 15) is 13.2 Å². The number of nitrogen functional groups attached to an aromatic ring is 1. The SMILES string of the molecule is CC(=O)N(c1ccc(Cl)cc1)S(=O)(=O)c1ccc(Cl)c(N)c1. The Bertz CT molecular complexity index is 820. The molecule has 0 saturated carbocycles. The maximum absolute atomic E-state index is 12.7. The average Bonchev–Trinajstić information content (AvgIpc) is 2.43. The van der Waals surface area contributed by atoms with Crippen molar-refractivity contribution in [1.82, 2.24) is 0 Å². The van der Waals surface area contributed by atoms with Gasteiger partial charge in [-0.15, -0.1) is 0 Å². The first-order chi connectivity index (χ1) is 10.2. The van der Waals surface area contributed by atoms with Gasteiger partial charge in [-0.2, -0.15) is 0 Å². The molecule has 0 heterocycles. The van der Waals surface area contributed by atoms with Gasteiger partial charge in [0, 0.05) is 11.9 Å². The van der Waals surface area contributed by atoms with Gasteiger partial charge in [0.15, 0.2) is 0 Å². The van der Waals surface area contributed by atoms with Crippen molar-refractivity contribution >= 4 is 50.5 Å². The molecule has 2 rings (SSSR count). The van der Waals surface area contributed by atoms with Crippen LogP contribution in [-0.4, -0.2) is 14.3 Å². The minimum atomic E-state index is -4.10. The predicted octanol–water partition coefficient (Wildman–Crippen LogP) is 3.32. The molecule has 22 heavy (non-hydrogen) atoms. The number of nitrogens with zero attached hydrogens (tertiary/aromatic N) is 1. The molecule has 0 aliphatic rings. The van der Waals surface area contributed by atoms with Crippen molar-refractivity contribution in [1.29, 1.82) is 0 Å². The van der Waals surface area contributed by atoms with Gasteiger partial charge in [-0.05, 0) is 42.5 Å². The number of carbonyl (C=O) groups excluding carboxylic acids is 1. The minimum Gasteiger partial charge on any atom is -0.397 e. The largest absolute Gasteiger partial charge is 0.397 e. The van der Waals surface area contributed by atoms with Gasteiger partial charge in [0.1, 0.15) is 0 Å². The van der Waals surface area contributed by atoms with Crippen LogP contribution >= 0.6 is 23.2 Å². The number of halogens is 2. The maximum Gasteiger partial charge on any atom is 0.270 e. The van der Waals surface area contributed by atoms with Crippen LogP contribution in [0.3, 0.4) is 0 Å². The Hall–Kier alpha value is -1.76. The van der Waals surface area contributed by atoms with Crippen LogP contribution < -0.4 is 10.0 Å². The summed E-state index contributed by atoms with van der Waals surface area (Å²) >= 11 is 11.6. The number of carbonyl (C=O) groups is 1. The van der Waals surface area contributed by atoms with Gasteiger partial charge < -0.3 is 5.73 Å². The zero-order chi connectivity index (χ0) is 16.5. The Morgan fingerprint density at radius 1 is 1.09 bits per heavy atom. The molecule has 1 amide bonds. The van der Waals surface area contributed by atoms with Crippen LogP contribution in [-0.2, 0) is 14.8 Å². The van der Waals surface area contributed by atoms with Crippen LogP contribution in [0.2, 0.25) is 10.0 Å². The summed E-state index contributed by atoms with van der Waals surface area (Å²) in [7, 11) is -4.10. The molecule has 0 aromatic heterocycles. The van der Waals surface area contributed by atoms with Crippen molar-refractivity contribution in [2.24, 2.45) is 0 Å². The van der Waals surface area contributed by atoms with Crippen molar-refractivity contribution < 1.29 is 13.2 Å². The molecule has 0 fully saturated rings. The Morgan fingerprint density at radius 2 is 1.68 bits per heavy atom. The molecule has 0 saturated heterocycles. The Labute approximate surface area is 138 Å². The molecule has 0 atom stereocenters. The minimum absolute atomic E-state index is 0.113. The summed E-state index contributed by atoms with van der Waals surface area (Å²) in [4.78, 5) is 11.7. The van der Waals surface area contributed by atoms with Crippen LogP contribution in [0.5, 0.6) is 0 Å². The number of rotatable bonds is 3. The normalized spacial score (nSPS) is 11.2. The summed E-state index contributed by atoms with van der Waals surface area (Å²) in [6.07, 6.45) is 0. The first-order valence-corrected chi connectivity index (χ1v) is 8.29. The second kappa shape index (κ2) is 6.16. The Kier molecular flexibility index (Phi) is 4.65. The lowest BCUT2D eigenvalue weighted by molar-refractivity contribution is -0.115. The standard InChI is InChI=1S/C14H12Cl2N2O3S/c1-9(19)18(11-4-2-10(15)3-5-11)22(20,21)12-6-7-13(16)14(17)8-12/h2-8H,17H2,1H3. The lowest BCUT2D eigenvalue weighted by Crippen LogP contribution is -2.35. The number of benzene rings is 2. The third kappa shape index (κ3) is 3.19. The van der Waals surface area contributed by atoms with Crippen molar-refractivity contribution in [3.8, 4) is 0 Å². The highest BCUT2D eigenvalue weighted by Gasteiger charge is 2.29. The second-order valence-corrected chi connectivity index (χ2v) is 7.08. The van der Waals surface area contributed by atoms with Crippen LogP contribution in [0.4, 0.5) is 11.4 Å². The van der Waals surface area contributed by atoms with E-state index in [1.54, 1.807) is 0 Å². The monoisotopic (exact) mass is 358 g/mol. The molecule has 116 valence electrons. The highest BCUT2D eigenvalue weighted by Crippen LogP contribution is 2.28. The first-order valence-electron chi connectivity index (χ1n) is 6.10. The van der Waals surface area contributed by atoms with Crippen LogP contribution in [0.15, 0.2) is 47.4 Å². The van der Waals surface area contributed by atoms with Crippen LogP contribution in [0.25, 0.3) is 0 Å². The smallest absolute Gasteiger partial charge is 0.270 e.